The molecule has 16 nitrogen and oxygen atoms in total. The van der Waals surface area contributed by atoms with E-state index in [9.17, 15) is 24.3 Å². The average molecular weight is 1080 g/mol. The smallest absolute Gasteiger partial charge is 0.341 e. The maximum absolute atomic E-state index is 14.4. The van der Waals surface area contributed by atoms with Crippen LogP contribution in [0.2, 0.25) is 10.0 Å². The number of aromatic nitrogens is 6. The van der Waals surface area contributed by atoms with E-state index in [1.165, 1.54) is 27.2 Å². The molecule has 0 saturated heterocycles. The number of carboxylic acids is 1. The van der Waals surface area contributed by atoms with Gasteiger partial charge in [-0.1, -0.05) is 23.2 Å². The first-order chi connectivity index (χ1) is 35.7. The van der Waals surface area contributed by atoms with Gasteiger partial charge >= 0.3 is 11.9 Å². The van der Waals surface area contributed by atoms with Crippen LogP contribution >= 0.6 is 45.9 Å². The van der Waals surface area contributed by atoms with Crippen LogP contribution in [-0.2, 0) is 59.6 Å². The fourth-order valence-electron chi connectivity index (χ4n) is 9.88. The third-order valence-corrected chi connectivity index (χ3v) is 16.1. The van der Waals surface area contributed by atoms with Crippen molar-refractivity contribution < 1.29 is 38.4 Å². The molecule has 0 amide bonds. The Hall–Kier alpha value is -6.54. The standard InChI is InChI=1S/C54H50Cl2N6O10S2/c1-27-18-36(49-47(57-27)40(25-73-49)53(65)66)34-20-30(55)7-13-45(34)71-17-15-62-46(60-43-11-9-33(69-5)23-39(43)52(62)64)24-72-54(67)41-26-74-50-37(19-28(2)58-48(41)50)35-21-31(56)6-12-44(35)70-16-14-61-29(3)59-42-10-8-32(68-4)22-38(42)51(61)63/h6-7,12-13,18-21,25-26,32-33H,8-11,14-17,22-24H2,1-5H3,(H,65,66)/t32-,33+/m1/s1. The number of pyridine rings is 2. The fraction of sp³-hybridized carbons (Fsp3) is 0.333. The highest BCUT2D eigenvalue weighted by Crippen LogP contribution is 2.42. The Morgan fingerprint density at radius 2 is 1.18 bits per heavy atom. The van der Waals surface area contributed by atoms with E-state index in [2.05, 4.69) is 4.98 Å². The van der Waals surface area contributed by atoms with Crippen LogP contribution in [0, 0.1) is 20.8 Å². The molecule has 0 fully saturated rings. The summed E-state index contributed by atoms with van der Waals surface area (Å²) in [5, 5.41) is 14.0. The van der Waals surface area contributed by atoms with E-state index in [0.29, 0.717) is 125 Å². The van der Waals surface area contributed by atoms with Crippen molar-refractivity contribution in [3.05, 3.63) is 147 Å². The number of methoxy groups -OCH3 is 2. The number of ether oxygens (including phenoxy) is 5. The number of carbonyl (C=O) groups is 2. The van der Waals surface area contributed by atoms with Gasteiger partial charge in [-0.05, 0) is 95.0 Å². The quantitative estimate of drug-likeness (QED) is 0.0898. The molecule has 382 valence electrons. The van der Waals surface area contributed by atoms with Crippen molar-refractivity contribution >= 4 is 78.2 Å². The third-order valence-electron chi connectivity index (χ3n) is 13.6. The van der Waals surface area contributed by atoms with Gasteiger partial charge in [0.25, 0.3) is 11.1 Å². The van der Waals surface area contributed by atoms with Crippen LogP contribution in [0.4, 0.5) is 0 Å². The maximum atomic E-state index is 14.4. The van der Waals surface area contributed by atoms with E-state index in [4.69, 9.17) is 61.8 Å². The first-order valence-electron chi connectivity index (χ1n) is 24.0. The summed E-state index contributed by atoms with van der Waals surface area (Å²) in [6.45, 7) is 5.63. The lowest BCUT2D eigenvalue weighted by Gasteiger charge is -2.24. The van der Waals surface area contributed by atoms with Crippen LogP contribution in [0.5, 0.6) is 11.5 Å². The zero-order valence-electron chi connectivity index (χ0n) is 41.1. The highest BCUT2D eigenvalue weighted by molar-refractivity contribution is 7.18. The highest BCUT2D eigenvalue weighted by atomic mass is 35.5. The number of carbonyl (C=O) groups excluding carboxylic acids is 1. The molecule has 20 heteroatoms. The van der Waals surface area contributed by atoms with E-state index >= 15 is 0 Å². The second-order valence-corrected chi connectivity index (χ2v) is 20.9. The van der Waals surface area contributed by atoms with Crippen LogP contribution in [0.25, 0.3) is 42.7 Å². The predicted octanol–water partition coefficient (Wildman–Crippen LogP) is 9.81. The van der Waals surface area contributed by atoms with Gasteiger partial charge in [0.05, 0.1) is 68.2 Å². The van der Waals surface area contributed by atoms with E-state index < -0.39 is 11.9 Å². The number of fused-ring (bicyclic) bond motifs is 4. The predicted molar refractivity (Wildman–Crippen MR) is 284 cm³/mol. The summed E-state index contributed by atoms with van der Waals surface area (Å²) < 4.78 is 34.6. The van der Waals surface area contributed by atoms with Gasteiger partial charge in [-0.25, -0.2) is 19.6 Å². The molecule has 2 aliphatic rings. The number of nitrogens with zero attached hydrogens (tertiary/aromatic N) is 6. The molecule has 74 heavy (non-hydrogen) atoms. The number of hydrogen-bond donors (Lipinski definition) is 1. The number of thiophene rings is 2. The average Bonchev–Trinajstić information content (AvgIpc) is 4.02. The van der Waals surface area contributed by atoms with Gasteiger partial charge in [0.1, 0.15) is 43.0 Å². The van der Waals surface area contributed by atoms with E-state index in [-0.39, 0.29) is 73.2 Å². The SMILES string of the molecule is CO[C@@H]1CCc2nc(C)n(CCOc3ccc(Cl)cc3-c3cc(C)nc4c(C(=O)OCc5nc6c(c(=O)n5CCOc5ccc(Cl)cc5-c5cc(C)nc7c(C(=O)O)csc57)C[C@@H](OC)CC6)csc34)c(=O)c2C1. The van der Waals surface area contributed by atoms with E-state index in [0.717, 1.165) is 17.7 Å². The molecule has 6 heterocycles. The number of aromatic carboxylic acids is 1. The summed E-state index contributed by atoms with van der Waals surface area (Å²) in [5.41, 5.74) is 7.46. The number of aryl methyl sites for hydroxylation is 5. The number of rotatable bonds is 16. The minimum Gasteiger partial charge on any atom is -0.491 e. The first-order valence-corrected chi connectivity index (χ1v) is 26.5. The zero-order chi connectivity index (χ0) is 51.9. The molecule has 0 radical (unpaired) electrons. The maximum Gasteiger partial charge on any atom is 0.341 e. The number of halogens is 2. The molecular weight excluding hydrogens is 1030 g/mol. The van der Waals surface area contributed by atoms with Crippen LogP contribution in [0.15, 0.2) is 68.9 Å². The monoisotopic (exact) mass is 1080 g/mol. The highest BCUT2D eigenvalue weighted by Gasteiger charge is 2.28. The van der Waals surface area contributed by atoms with Crippen molar-refractivity contribution in [2.45, 2.75) is 91.2 Å². The Morgan fingerprint density at radius 1 is 0.676 bits per heavy atom. The molecule has 2 aliphatic carbocycles. The van der Waals surface area contributed by atoms with Crippen molar-refractivity contribution in [3.8, 4) is 33.8 Å². The lowest BCUT2D eigenvalue weighted by Crippen LogP contribution is -2.36. The summed E-state index contributed by atoms with van der Waals surface area (Å²) in [6.07, 6.45) is 3.44. The Morgan fingerprint density at radius 3 is 1.72 bits per heavy atom. The largest absolute Gasteiger partial charge is 0.491 e. The van der Waals surface area contributed by atoms with Gasteiger partial charge < -0.3 is 28.8 Å². The Kier molecular flexibility index (Phi) is 14.7. The first kappa shape index (κ1) is 51.0. The molecule has 0 unspecified atom stereocenters. The summed E-state index contributed by atoms with van der Waals surface area (Å²) in [7, 11) is 3.29. The minimum absolute atomic E-state index is 0.0106. The van der Waals surface area contributed by atoms with Crippen LogP contribution in [-0.4, -0.2) is 85.8 Å². The van der Waals surface area contributed by atoms with E-state index in [1.54, 1.807) is 72.9 Å². The summed E-state index contributed by atoms with van der Waals surface area (Å²) in [4.78, 5) is 73.3. The fourth-order valence-corrected chi connectivity index (χ4v) is 12.2. The van der Waals surface area contributed by atoms with Crippen molar-refractivity contribution in [2.75, 3.05) is 27.4 Å². The summed E-state index contributed by atoms with van der Waals surface area (Å²) in [5.74, 6) is 0.122. The summed E-state index contributed by atoms with van der Waals surface area (Å²) >= 11 is 15.7. The van der Waals surface area contributed by atoms with Crippen LogP contribution in [0.3, 0.4) is 0 Å². The molecule has 6 aromatic heterocycles. The van der Waals surface area contributed by atoms with Crippen LogP contribution in [0.1, 0.15) is 79.1 Å². The van der Waals surface area contributed by atoms with Crippen LogP contribution < -0.4 is 20.6 Å². The van der Waals surface area contributed by atoms with Crippen molar-refractivity contribution in [2.24, 2.45) is 0 Å². The van der Waals surface area contributed by atoms with Gasteiger partial charge in [-0.3, -0.25) is 28.7 Å². The molecule has 2 atom stereocenters. The molecule has 0 spiro atoms. The molecule has 1 N–H and O–H groups in total. The zero-order valence-corrected chi connectivity index (χ0v) is 44.2. The normalized spacial score (nSPS) is 15.3. The second-order valence-electron chi connectivity index (χ2n) is 18.3. The molecule has 2 aromatic carbocycles. The van der Waals surface area contributed by atoms with Crippen molar-refractivity contribution in [1.82, 2.24) is 29.1 Å². The third kappa shape index (κ3) is 10.1. The topological polar surface area (TPSA) is 196 Å². The number of benzene rings is 2. The molecule has 0 bridgehead atoms. The Balaban J connectivity index is 0.900. The van der Waals surface area contributed by atoms with E-state index in [1.807, 2.05) is 26.0 Å². The second kappa shape index (κ2) is 21.4. The Labute approximate surface area is 442 Å². The minimum atomic E-state index is -1.08. The number of carboxylic acid groups (broad SMARTS) is 1. The molecule has 0 aliphatic heterocycles. The molecular formula is C54H50Cl2N6O10S2. The van der Waals surface area contributed by atoms with Gasteiger partial charge in [-0.2, -0.15) is 0 Å². The number of esters is 1. The van der Waals surface area contributed by atoms with Gasteiger partial charge in [-0.15, -0.1) is 22.7 Å². The van der Waals surface area contributed by atoms with Crippen molar-refractivity contribution in [3.63, 3.8) is 0 Å². The molecule has 8 aromatic rings. The lowest BCUT2D eigenvalue weighted by molar-refractivity contribution is 0.0456. The van der Waals surface area contributed by atoms with Gasteiger partial charge in [0.2, 0.25) is 0 Å². The van der Waals surface area contributed by atoms with Gasteiger partial charge in [0.15, 0.2) is 0 Å². The molecule has 0 saturated carbocycles. The lowest BCUT2D eigenvalue weighted by atomic mass is 9.94. The van der Waals surface area contributed by atoms with Crippen molar-refractivity contribution in [1.29, 1.82) is 0 Å². The Bertz CT molecular complexity index is 3660. The summed E-state index contributed by atoms with van der Waals surface area (Å²) in [6, 6.07) is 14.3. The van der Waals surface area contributed by atoms with Gasteiger partial charge in [0, 0.05) is 92.6 Å². The number of hydrogen-bond acceptors (Lipinski definition) is 15. The molecule has 10 rings (SSSR count).